The topological polar surface area (TPSA) is 50.8 Å². The number of carbonyl (C=O) groups is 1. The number of unbranched alkanes of at least 4 members (excludes halogenated alkanes) is 1. The number of hydrogen-bond donors (Lipinski definition) is 1. The lowest BCUT2D eigenvalue weighted by atomic mass is 9.79. The largest absolute Gasteiger partial charge is 0.494 e. The van der Waals surface area contributed by atoms with Gasteiger partial charge < -0.3 is 14.6 Å². The lowest BCUT2D eigenvalue weighted by Gasteiger charge is -2.32. The van der Waals surface area contributed by atoms with Crippen LogP contribution in [0, 0.1) is 0 Å². The smallest absolute Gasteiger partial charge is 0.399 e. The van der Waals surface area contributed by atoms with E-state index in [1.165, 1.54) is 0 Å². The van der Waals surface area contributed by atoms with Crippen molar-refractivity contribution in [2.45, 2.75) is 84.5 Å². The van der Waals surface area contributed by atoms with E-state index in [-0.39, 0.29) is 23.3 Å². The second kappa shape index (κ2) is 8.66. The molecule has 1 heterocycles. The third-order valence-electron chi connectivity index (χ3n) is 5.81. The molecule has 0 radical (unpaired) electrons. The maximum Gasteiger partial charge on any atom is 0.494 e. The molecule has 27 heavy (non-hydrogen) atoms. The molecule has 1 unspecified atom stereocenters. The lowest BCUT2D eigenvalue weighted by molar-refractivity contribution is 0.00578. The van der Waals surface area contributed by atoms with Crippen LogP contribution in [0.2, 0.25) is 0 Å². The van der Waals surface area contributed by atoms with Crippen molar-refractivity contribution in [3.05, 3.63) is 24.3 Å². The third kappa shape index (κ3) is 5.05. The highest BCUT2D eigenvalue weighted by molar-refractivity contribution is 6.62. The van der Waals surface area contributed by atoms with Crippen LogP contribution < -0.4 is 15.7 Å². The number of benzene rings is 1. The van der Waals surface area contributed by atoms with Gasteiger partial charge in [-0.05, 0) is 58.1 Å². The number of rotatable bonds is 7. The van der Waals surface area contributed by atoms with Crippen molar-refractivity contribution in [1.29, 1.82) is 0 Å². The van der Waals surface area contributed by atoms with Gasteiger partial charge in [0.05, 0.1) is 11.2 Å². The van der Waals surface area contributed by atoms with E-state index in [1.54, 1.807) is 11.9 Å². The van der Waals surface area contributed by atoms with Gasteiger partial charge in [-0.2, -0.15) is 0 Å². The summed E-state index contributed by atoms with van der Waals surface area (Å²) in [5, 5.41) is 3.14. The van der Waals surface area contributed by atoms with Gasteiger partial charge in [0.25, 0.3) is 0 Å². The Balaban J connectivity index is 2.09. The first-order chi connectivity index (χ1) is 12.6. The number of hydrogen-bond acceptors (Lipinski definition) is 3. The maximum absolute atomic E-state index is 12.7. The van der Waals surface area contributed by atoms with Crippen LogP contribution in [0.1, 0.15) is 67.2 Å². The van der Waals surface area contributed by atoms with Gasteiger partial charge in [0.1, 0.15) is 0 Å². The quantitative estimate of drug-likeness (QED) is 0.731. The Bertz CT molecular complexity index is 632. The summed E-state index contributed by atoms with van der Waals surface area (Å²) in [5.41, 5.74) is 0.976. The predicted molar refractivity (Wildman–Crippen MR) is 113 cm³/mol. The van der Waals surface area contributed by atoms with Crippen molar-refractivity contribution < 1.29 is 14.1 Å². The van der Waals surface area contributed by atoms with Gasteiger partial charge >= 0.3 is 13.1 Å². The van der Waals surface area contributed by atoms with E-state index in [2.05, 4.69) is 19.2 Å². The summed E-state index contributed by atoms with van der Waals surface area (Å²) < 4.78 is 12.3. The monoisotopic (exact) mass is 374 g/mol. The molecular formula is C21H35BN2O3. The molecule has 0 bridgehead atoms. The highest BCUT2D eigenvalue weighted by atomic mass is 16.7. The maximum atomic E-state index is 12.7. The van der Waals surface area contributed by atoms with Crippen LogP contribution in [0.5, 0.6) is 0 Å². The van der Waals surface area contributed by atoms with Crippen LogP contribution in [0.25, 0.3) is 0 Å². The van der Waals surface area contributed by atoms with E-state index in [4.69, 9.17) is 9.31 Å². The standard InChI is InChI=1S/C21H35BN2O3/c1-8-10-13-17(9-2)23-19(25)24(7)18-14-11-12-16(15-18)22-26-20(3,4)21(5,6)27-22/h11-12,14-15,17H,8-10,13H2,1-7H3,(H,23,25). The van der Waals surface area contributed by atoms with Crippen molar-refractivity contribution in [2.75, 3.05) is 11.9 Å². The second-order valence-corrected chi connectivity index (χ2v) is 8.44. The first-order valence-electron chi connectivity index (χ1n) is 10.1. The summed E-state index contributed by atoms with van der Waals surface area (Å²) in [6.45, 7) is 12.4. The fourth-order valence-corrected chi connectivity index (χ4v) is 3.08. The van der Waals surface area contributed by atoms with E-state index in [1.807, 2.05) is 52.0 Å². The number of nitrogens with one attached hydrogen (secondary N) is 1. The van der Waals surface area contributed by atoms with Gasteiger partial charge in [0.2, 0.25) is 0 Å². The zero-order valence-corrected chi connectivity index (χ0v) is 18.0. The molecule has 1 aliphatic heterocycles. The Kier molecular flexibility index (Phi) is 6.98. The van der Waals surface area contributed by atoms with Gasteiger partial charge in [0, 0.05) is 18.8 Å². The molecule has 0 spiro atoms. The van der Waals surface area contributed by atoms with E-state index >= 15 is 0 Å². The summed E-state index contributed by atoms with van der Waals surface area (Å²) in [6, 6.07) is 7.95. The van der Waals surface area contributed by atoms with Crippen LogP contribution >= 0.6 is 0 Å². The van der Waals surface area contributed by atoms with Gasteiger partial charge in [0.15, 0.2) is 0 Å². The summed E-state index contributed by atoms with van der Waals surface area (Å²) in [4.78, 5) is 14.3. The third-order valence-corrected chi connectivity index (χ3v) is 5.81. The average molecular weight is 374 g/mol. The predicted octanol–water partition coefficient (Wildman–Crippen LogP) is 4.10. The minimum Gasteiger partial charge on any atom is -0.399 e. The Morgan fingerprint density at radius 1 is 1.19 bits per heavy atom. The molecule has 1 saturated heterocycles. The lowest BCUT2D eigenvalue weighted by Crippen LogP contribution is -2.43. The van der Waals surface area contributed by atoms with E-state index in [0.29, 0.717) is 0 Å². The molecule has 2 amide bonds. The molecule has 1 aromatic carbocycles. The van der Waals surface area contributed by atoms with Crippen LogP contribution in [0.3, 0.4) is 0 Å². The Hall–Kier alpha value is -1.53. The number of carbonyl (C=O) groups excluding carboxylic acids is 1. The minimum absolute atomic E-state index is 0.0796. The van der Waals surface area contributed by atoms with Crippen LogP contribution in [-0.2, 0) is 9.31 Å². The van der Waals surface area contributed by atoms with Crippen molar-refractivity contribution in [3.63, 3.8) is 0 Å². The molecule has 1 aliphatic rings. The van der Waals surface area contributed by atoms with Crippen LogP contribution in [0.4, 0.5) is 10.5 Å². The molecule has 0 saturated carbocycles. The van der Waals surface area contributed by atoms with E-state index < -0.39 is 7.12 Å². The zero-order valence-electron chi connectivity index (χ0n) is 18.0. The van der Waals surface area contributed by atoms with Crippen molar-refractivity contribution >= 4 is 24.3 Å². The SMILES string of the molecule is CCCCC(CC)NC(=O)N(C)c1cccc(B2OC(C)(C)C(C)(C)O2)c1. The highest BCUT2D eigenvalue weighted by Gasteiger charge is 2.51. The fourth-order valence-electron chi connectivity index (χ4n) is 3.08. The number of anilines is 1. The molecule has 0 aliphatic carbocycles. The molecule has 6 heteroatoms. The highest BCUT2D eigenvalue weighted by Crippen LogP contribution is 2.36. The molecule has 1 fully saturated rings. The normalized spacial score (nSPS) is 19.0. The van der Waals surface area contributed by atoms with Crippen LogP contribution in [0.15, 0.2) is 24.3 Å². The van der Waals surface area contributed by atoms with Gasteiger partial charge in [-0.15, -0.1) is 0 Å². The molecule has 1 atom stereocenters. The summed E-state index contributed by atoms with van der Waals surface area (Å²) in [7, 11) is 1.37. The second-order valence-electron chi connectivity index (χ2n) is 8.44. The van der Waals surface area contributed by atoms with E-state index in [9.17, 15) is 4.79 Å². The Labute approximate surface area is 164 Å². The molecule has 150 valence electrons. The minimum atomic E-state index is -0.431. The van der Waals surface area contributed by atoms with Gasteiger partial charge in [-0.3, -0.25) is 4.90 Å². The van der Waals surface area contributed by atoms with Crippen molar-refractivity contribution in [3.8, 4) is 0 Å². The summed E-state index contributed by atoms with van der Waals surface area (Å²) in [5.74, 6) is 0. The van der Waals surface area contributed by atoms with Gasteiger partial charge in [-0.25, -0.2) is 4.79 Å². The van der Waals surface area contributed by atoms with Gasteiger partial charge in [-0.1, -0.05) is 38.8 Å². The Morgan fingerprint density at radius 3 is 2.37 bits per heavy atom. The van der Waals surface area contributed by atoms with E-state index in [0.717, 1.165) is 36.8 Å². The first-order valence-corrected chi connectivity index (χ1v) is 10.1. The average Bonchev–Trinajstić information content (AvgIpc) is 2.85. The first kappa shape index (κ1) is 21.8. The molecule has 2 rings (SSSR count). The summed E-state index contributed by atoms with van der Waals surface area (Å²) >= 11 is 0. The summed E-state index contributed by atoms with van der Waals surface area (Å²) in [6.07, 6.45) is 4.21. The number of amides is 2. The zero-order chi connectivity index (χ0) is 20.2. The molecule has 5 nitrogen and oxygen atoms in total. The molecule has 1 aromatic rings. The molecule has 1 N–H and O–H groups in total. The molecular weight excluding hydrogens is 339 g/mol. The van der Waals surface area contributed by atoms with Crippen molar-refractivity contribution in [2.24, 2.45) is 0 Å². The Morgan fingerprint density at radius 2 is 1.81 bits per heavy atom. The molecule has 0 aromatic heterocycles. The fraction of sp³-hybridized carbons (Fsp3) is 0.667. The van der Waals surface area contributed by atoms with Crippen LogP contribution in [-0.4, -0.2) is 37.4 Å². The number of urea groups is 1. The van der Waals surface area contributed by atoms with Crippen molar-refractivity contribution in [1.82, 2.24) is 5.32 Å². The number of nitrogens with zero attached hydrogens (tertiary/aromatic N) is 1.